The number of Topliss-reactive ketones (excluding diaryl/α,β-unsaturated/α-hetero) is 1. The normalized spacial score (nSPS) is 18.2. The van der Waals surface area contributed by atoms with Crippen LogP contribution in [-0.4, -0.2) is 33.4 Å². The van der Waals surface area contributed by atoms with Crippen LogP contribution in [0.1, 0.15) is 50.8 Å². The number of rotatable bonds is 7. The molecule has 0 bridgehead atoms. The second-order valence-electron chi connectivity index (χ2n) is 9.87. The van der Waals surface area contributed by atoms with Crippen LogP contribution in [0.5, 0.6) is 11.5 Å². The molecule has 0 fully saturated rings. The number of hydrogen-bond acceptors (Lipinski definition) is 7. The molecule has 1 N–H and O–H groups in total. The van der Waals surface area contributed by atoms with Crippen molar-refractivity contribution in [3.63, 3.8) is 0 Å². The summed E-state index contributed by atoms with van der Waals surface area (Å²) in [7, 11) is 1.60. The van der Waals surface area contributed by atoms with E-state index in [9.17, 15) is 4.79 Å². The summed E-state index contributed by atoms with van der Waals surface area (Å²) < 4.78 is 14.4. The van der Waals surface area contributed by atoms with E-state index in [2.05, 4.69) is 42.0 Å². The zero-order valence-electron chi connectivity index (χ0n) is 21.1. The smallest absolute Gasteiger partial charge is 0.227 e. The van der Waals surface area contributed by atoms with Crippen molar-refractivity contribution >= 4 is 51.0 Å². The molecule has 1 aliphatic heterocycles. The van der Waals surface area contributed by atoms with Gasteiger partial charge >= 0.3 is 0 Å². The zero-order valence-corrected chi connectivity index (χ0v) is 24.3. The first-order valence-electron chi connectivity index (χ1n) is 12.1. The lowest BCUT2D eigenvalue weighted by Crippen LogP contribution is -2.36. The minimum Gasteiger partial charge on any atom is -0.493 e. The largest absolute Gasteiger partial charge is 0.493 e. The number of benzene rings is 2. The fourth-order valence-corrected chi connectivity index (χ4v) is 6.21. The van der Waals surface area contributed by atoms with Gasteiger partial charge in [-0.05, 0) is 57.3 Å². The highest BCUT2D eigenvalue weighted by Crippen LogP contribution is 2.48. The summed E-state index contributed by atoms with van der Waals surface area (Å²) in [6, 6.07) is 11.0. The Hall–Kier alpha value is -2.49. The zero-order chi connectivity index (χ0) is 26.3. The quantitative estimate of drug-likeness (QED) is 0.290. The van der Waals surface area contributed by atoms with Crippen LogP contribution in [0.4, 0.5) is 5.95 Å². The minimum atomic E-state index is -0.434. The lowest BCUT2D eigenvalue weighted by atomic mass is 9.73. The maximum absolute atomic E-state index is 13.5. The Bertz CT molecular complexity index is 1400. The fourth-order valence-electron chi connectivity index (χ4n) is 4.89. The summed E-state index contributed by atoms with van der Waals surface area (Å²) in [6.07, 6.45) is 1.23. The van der Waals surface area contributed by atoms with E-state index in [-0.39, 0.29) is 17.8 Å². The van der Waals surface area contributed by atoms with Gasteiger partial charge in [0, 0.05) is 28.3 Å². The molecule has 3 aromatic rings. The van der Waals surface area contributed by atoms with Crippen LogP contribution in [0.25, 0.3) is 0 Å². The lowest BCUT2D eigenvalue weighted by molar-refractivity contribution is -0.118. The van der Waals surface area contributed by atoms with Crippen LogP contribution in [0.3, 0.4) is 0 Å². The monoisotopic (exact) mass is 602 g/mol. The number of methoxy groups -OCH3 is 1. The third-order valence-corrected chi connectivity index (χ3v) is 8.16. The summed E-state index contributed by atoms with van der Waals surface area (Å²) >= 11 is 11.6. The van der Waals surface area contributed by atoms with E-state index in [0.717, 1.165) is 34.6 Å². The standard InChI is InChI=1S/C27H28BrClN4O3S/c1-5-37-26-31-25-30-19-12-27(2,3)13-20(34)22(19)23(33(25)32-26)16-10-17(28)24(21(11-16)35-4)36-14-15-8-6-7-9-18(15)29/h6-11,23H,5,12-14H2,1-4H3,(H,30,31,32). The van der Waals surface area contributed by atoms with Gasteiger partial charge in [0.15, 0.2) is 17.3 Å². The van der Waals surface area contributed by atoms with Gasteiger partial charge in [0.05, 0.1) is 11.6 Å². The topological polar surface area (TPSA) is 78.3 Å². The molecule has 1 aromatic heterocycles. The molecule has 0 saturated carbocycles. The molecule has 37 heavy (non-hydrogen) atoms. The van der Waals surface area contributed by atoms with Crippen molar-refractivity contribution < 1.29 is 14.3 Å². The molecule has 0 radical (unpaired) electrons. The van der Waals surface area contributed by atoms with Crippen molar-refractivity contribution in [1.82, 2.24) is 14.8 Å². The first kappa shape index (κ1) is 26.1. The molecule has 7 nitrogen and oxygen atoms in total. The summed E-state index contributed by atoms with van der Waals surface area (Å²) in [5.41, 5.74) is 3.23. The number of fused-ring (bicyclic) bond motifs is 1. The van der Waals surface area contributed by atoms with Crippen molar-refractivity contribution in [2.75, 3.05) is 18.2 Å². The maximum atomic E-state index is 13.5. The number of allylic oxidation sites excluding steroid dienone is 2. The number of hydrogen-bond donors (Lipinski definition) is 1. The van der Waals surface area contributed by atoms with E-state index in [4.69, 9.17) is 31.2 Å². The van der Waals surface area contributed by atoms with Crippen LogP contribution >= 0.6 is 39.3 Å². The van der Waals surface area contributed by atoms with Gasteiger partial charge in [-0.2, -0.15) is 4.98 Å². The first-order valence-corrected chi connectivity index (χ1v) is 14.2. The molecule has 194 valence electrons. The van der Waals surface area contributed by atoms with Gasteiger partial charge in [0.25, 0.3) is 0 Å². The number of nitrogens with zero attached hydrogens (tertiary/aromatic N) is 3. The third kappa shape index (κ3) is 5.13. The molecular formula is C27H28BrClN4O3S. The summed E-state index contributed by atoms with van der Waals surface area (Å²) in [5.74, 6) is 2.71. The van der Waals surface area contributed by atoms with Crippen molar-refractivity contribution in [2.24, 2.45) is 5.41 Å². The van der Waals surface area contributed by atoms with Crippen molar-refractivity contribution in [2.45, 2.75) is 51.4 Å². The SMILES string of the molecule is CCSc1nc2n(n1)C(c1cc(Br)c(OCc3ccccc3Cl)c(OC)c1)C1=C(CC(C)(C)CC1=O)N2. The number of halogens is 2. The number of ether oxygens (including phenoxy) is 2. The molecule has 0 amide bonds. The van der Waals surface area contributed by atoms with Gasteiger partial charge in [0.2, 0.25) is 11.1 Å². The van der Waals surface area contributed by atoms with Gasteiger partial charge in [-0.15, -0.1) is 5.10 Å². The summed E-state index contributed by atoms with van der Waals surface area (Å²) in [4.78, 5) is 18.2. The Morgan fingerprint density at radius 3 is 2.78 bits per heavy atom. The predicted molar refractivity (Wildman–Crippen MR) is 150 cm³/mol. The van der Waals surface area contributed by atoms with Crippen molar-refractivity contribution in [1.29, 1.82) is 0 Å². The molecule has 1 atom stereocenters. The molecule has 2 heterocycles. The Labute approximate surface area is 234 Å². The van der Waals surface area contributed by atoms with E-state index in [1.165, 1.54) is 0 Å². The van der Waals surface area contributed by atoms with Gasteiger partial charge in [-0.25, -0.2) is 4.68 Å². The fraction of sp³-hybridized carbons (Fsp3) is 0.370. The first-order chi connectivity index (χ1) is 17.7. The predicted octanol–water partition coefficient (Wildman–Crippen LogP) is 7.05. The Morgan fingerprint density at radius 2 is 2.05 bits per heavy atom. The molecule has 2 aromatic carbocycles. The van der Waals surface area contributed by atoms with Gasteiger partial charge < -0.3 is 14.8 Å². The van der Waals surface area contributed by atoms with E-state index >= 15 is 0 Å². The van der Waals surface area contributed by atoms with E-state index in [0.29, 0.717) is 38.5 Å². The van der Waals surface area contributed by atoms with Crippen LogP contribution in [-0.2, 0) is 11.4 Å². The number of nitrogens with one attached hydrogen (secondary N) is 1. The number of aromatic nitrogens is 3. The molecular weight excluding hydrogens is 576 g/mol. The van der Waals surface area contributed by atoms with Crippen LogP contribution in [0.2, 0.25) is 5.02 Å². The molecule has 0 spiro atoms. The average molecular weight is 604 g/mol. The van der Waals surface area contributed by atoms with Gasteiger partial charge in [-0.1, -0.05) is 62.3 Å². The average Bonchev–Trinajstić information content (AvgIpc) is 3.23. The minimum absolute atomic E-state index is 0.115. The maximum Gasteiger partial charge on any atom is 0.227 e. The molecule has 1 aliphatic carbocycles. The number of thioether (sulfide) groups is 1. The number of carbonyl (C=O) groups is 1. The Balaban J connectivity index is 1.58. The van der Waals surface area contributed by atoms with Crippen molar-refractivity contribution in [3.8, 4) is 11.5 Å². The molecule has 5 rings (SSSR count). The number of anilines is 1. The summed E-state index contributed by atoms with van der Waals surface area (Å²) in [6.45, 7) is 6.59. The highest BCUT2D eigenvalue weighted by molar-refractivity contribution is 9.10. The van der Waals surface area contributed by atoms with E-state index in [1.807, 2.05) is 41.1 Å². The Kier molecular flexibility index (Phi) is 7.31. The number of carbonyl (C=O) groups excluding carboxylic acids is 1. The second-order valence-corrected chi connectivity index (χ2v) is 12.4. The van der Waals surface area contributed by atoms with Crippen LogP contribution in [0.15, 0.2) is 57.3 Å². The van der Waals surface area contributed by atoms with E-state index < -0.39 is 6.04 Å². The van der Waals surface area contributed by atoms with Crippen molar-refractivity contribution in [3.05, 3.63) is 68.3 Å². The number of ketones is 1. The molecule has 1 unspecified atom stereocenters. The highest BCUT2D eigenvalue weighted by atomic mass is 79.9. The molecule has 0 saturated heterocycles. The Morgan fingerprint density at radius 1 is 1.27 bits per heavy atom. The van der Waals surface area contributed by atoms with E-state index in [1.54, 1.807) is 18.9 Å². The van der Waals surface area contributed by atoms with Crippen LogP contribution in [0, 0.1) is 5.41 Å². The highest BCUT2D eigenvalue weighted by Gasteiger charge is 2.42. The van der Waals surface area contributed by atoms with Crippen LogP contribution < -0.4 is 14.8 Å². The lowest BCUT2D eigenvalue weighted by Gasteiger charge is -2.38. The van der Waals surface area contributed by atoms with Gasteiger partial charge in [-0.3, -0.25) is 4.79 Å². The van der Waals surface area contributed by atoms with Gasteiger partial charge in [0.1, 0.15) is 12.6 Å². The second kappa shape index (κ2) is 10.3. The summed E-state index contributed by atoms with van der Waals surface area (Å²) in [5, 5.41) is 9.50. The molecule has 2 aliphatic rings. The molecule has 10 heteroatoms. The third-order valence-electron chi connectivity index (χ3n) is 6.48.